The van der Waals surface area contributed by atoms with Crippen LogP contribution in [0.1, 0.15) is 12.6 Å². The van der Waals surface area contributed by atoms with Crippen molar-refractivity contribution in [2.24, 2.45) is 0 Å². The van der Waals surface area contributed by atoms with Gasteiger partial charge in [-0.25, -0.2) is 0 Å². The molecule has 0 atom stereocenters. The van der Waals surface area contributed by atoms with Crippen LogP contribution in [0, 0.1) is 0 Å². The van der Waals surface area contributed by atoms with E-state index in [9.17, 15) is 4.79 Å². The van der Waals surface area contributed by atoms with Crippen LogP contribution >= 0.6 is 0 Å². The summed E-state index contributed by atoms with van der Waals surface area (Å²) in [7, 11) is 0. The van der Waals surface area contributed by atoms with Gasteiger partial charge < -0.3 is 4.40 Å². The Morgan fingerprint density at radius 1 is 1.05 bits per heavy atom. The molecule has 0 fully saturated rings. The molecule has 0 aliphatic rings. The summed E-state index contributed by atoms with van der Waals surface area (Å²) in [6.45, 7) is 5.52. The molecular weight excluding hydrogens is 246 g/mol. The Morgan fingerprint density at radius 2 is 1.75 bits per heavy atom. The molecular formula is C18H15NO. The van der Waals surface area contributed by atoms with Crippen molar-refractivity contribution in [3.05, 3.63) is 73.1 Å². The molecule has 0 saturated carbocycles. The van der Waals surface area contributed by atoms with Crippen LogP contribution in [0.25, 0.3) is 22.2 Å². The molecule has 0 N–H and O–H groups in total. The lowest BCUT2D eigenvalue weighted by Gasteiger charge is -2.07. The van der Waals surface area contributed by atoms with E-state index in [2.05, 4.69) is 12.6 Å². The van der Waals surface area contributed by atoms with Crippen molar-refractivity contribution >= 4 is 16.9 Å². The number of aromatic nitrogens is 1. The lowest BCUT2D eigenvalue weighted by Crippen LogP contribution is -2.00. The fourth-order valence-corrected chi connectivity index (χ4v) is 2.44. The van der Waals surface area contributed by atoms with Crippen LogP contribution in [-0.2, 0) is 4.79 Å². The second-order valence-electron chi connectivity index (χ2n) is 4.80. The maximum atomic E-state index is 11.8. The summed E-state index contributed by atoms with van der Waals surface area (Å²) < 4.78 is 2.02. The average Bonchev–Trinajstić information content (AvgIpc) is 2.86. The SMILES string of the molecule is C=C(C(C)=O)c1c(-c2ccccc2)cc2ccccn12. The van der Waals surface area contributed by atoms with Crippen LogP contribution < -0.4 is 0 Å². The summed E-state index contributed by atoms with van der Waals surface area (Å²) in [5, 5.41) is 0. The van der Waals surface area contributed by atoms with E-state index in [-0.39, 0.29) is 5.78 Å². The molecule has 3 aromatic rings. The van der Waals surface area contributed by atoms with Gasteiger partial charge >= 0.3 is 0 Å². The lowest BCUT2D eigenvalue weighted by molar-refractivity contribution is -0.111. The molecule has 2 heteroatoms. The van der Waals surface area contributed by atoms with Crippen LogP contribution in [-0.4, -0.2) is 10.2 Å². The summed E-state index contributed by atoms with van der Waals surface area (Å²) in [6, 6.07) is 18.2. The van der Waals surface area contributed by atoms with E-state index < -0.39 is 0 Å². The van der Waals surface area contributed by atoms with E-state index in [0.29, 0.717) is 5.57 Å². The summed E-state index contributed by atoms with van der Waals surface area (Å²) >= 11 is 0. The van der Waals surface area contributed by atoms with E-state index in [0.717, 1.165) is 22.3 Å². The molecule has 1 aromatic carbocycles. The number of carbonyl (C=O) groups is 1. The Kier molecular flexibility index (Phi) is 2.99. The van der Waals surface area contributed by atoms with Crippen molar-refractivity contribution in [2.45, 2.75) is 6.92 Å². The number of allylic oxidation sites excluding steroid dienone is 1. The first-order chi connectivity index (χ1) is 9.68. The van der Waals surface area contributed by atoms with Gasteiger partial charge in [-0.05, 0) is 30.7 Å². The van der Waals surface area contributed by atoms with Crippen molar-refractivity contribution in [2.75, 3.05) is 0 Å². The Morgan fingerprint density at radius 3 is 2.45 bits per heavy atom. The molecule has 0 amide bonds. The van der Waals surface area contributed by atoms with E-state index in [1.54, 1.807) is 6.92 Å². The van der Waals surface area contributed by atoms with Crippen molar-refractivity contribution < 1.29 is 4.79 Å². The van der Waals surface area contributed by atoms with E-state index >= 15 is 0 Å². The highest BCUT2D eigenvalue weighted by Gasteiger charge is 2.16. The molecule has 98 valence electrons. The van der Waals surface area contributed by atoms with Crippen LogP contribution in [0.15, 0.2) is 67.4 Å². The third kappa shape index (κ3) is 1.95. The summed E-state index contributed by atoms with van der Waals surface area (Å²) in [5.74, 6) is -0.00830. The van der Waals surface area contributed by atoms with Crippen LogP contribution in [0.5, 0.6) is 0 Å². The number of carbonyl (C=O) groups excluding carboxylic acids is 1. The van der Waals surface area contributed by atoms with Crippen molar-refractivity contribution in [3.8, 4) is 11.1 Å². The normalized spacial score (nSPS) is 10.7. The van der Waals surface area contributed by atoms with Gasteiger partial charge in [0.1, 0.15) is 0 Å². The summed E-state index contributed by atoms with van der Waals surface area (Å²) in [5.41, 5.74) is 4.60. The number of hydrogen-bond acceptors (Lipinski definition) is 1. The Balaban J connectivity index is 2.34. The molecule has 2 nitrogen and oxygen atoms in total. The van der Waals surface area contributed by atoms with Crippen LogP contribution in [0.3, 0.4) is 0 Å². The molecule has 0 aliphatic heterocycles. The Bertz CT molecular complexity index is 797. The topological polar surface area (TPSA) is 21.5 Å². The second-order valence-corrected chi connectivity index (χ2v) is 4.80. The Hall–Kier alpha value is -2.61. The molecule has 0 bridgehead atoms. The zero-order valence-corrected chi connectivity index (χ0v) is 11.3. The number of ketones is 1. The van der Waals surface area contributed by atoms with Gasteiger partial charge in [0.05, 0.1) is 5.69 Å². The van der Waals surface area contributed by atoms with Gasteiger partial charge in [-0.15, -0.1) is 0 Å². The zero-order chi connectivity index (χ0) is 14.1. The molecule has 0 spiro atoms. The maximum absolute atomic E-state index is 11.8. The zero-order valence-electron chi connectivity index (χ0n) is 11.3. The first kappa shape index (κ1) is 12.4. The number of fused-ring (bicyclic) bond motifs is 1. The van der Waals surface area contributed by atoms with E-state index in [1.807, 2.05) is 59.1 Å². The number of benzene rings is 1. The number of rotatable bonds is 3. The third-order valence-corrected chi connectivity index (χ3v) is 3.48. The Labute approximate surface area is 118 Å². The number of nitrogens with zero attached hydrogens (tertiary/aromatic N) is 1. The first-order valence-corrected chi connectivity index (χ1v) is 6.54. The lowest BCUT2D eigenvalue weighted by atomic mass is 10.0. The molecule has 2 aromatic heterocycles. The van der Waals surface area contributed by atoms with Gasteiger partial charge in [0.15, 0.2) is 5.78 Å². The van der Waals surface area contributed by atoms with Crippen LogP contribution in [0.2, 0.25) is 0 Å². The highest BCUT2D eigenvalue weighted by Crippen LogP contribution is 2.32. The minimum atomic E-state index is -0.00830. The monoisotopic (exact) mass is 261 g/mol. The molecule has 0 unspecified atom stereocenters. The summed E-state index contributed by atoms with van der Waals surface area (Å²) in [4.78, 5) is 11.8. The molecule has 3 rings (SSSR count). The predicted molar refractivity (Wildman–Crippen MR) is 82.5 cm³/mol. The van der Waals surface area contributed by atoms with Crippen LogP contribution in [0.4, 0.5) is 0 Å². The maximum Gasteiger partial charge on any atom is 0.161 e. The number of Topliss-reactive ketones (excluding diaryl/α,β-unsaturated/α-hetero) is 1. The van der Waals surface area contributed by atoms with Gasteiger partial charge in [-0.3, -0.25) is 4.79 Å². The smallest absolute Gasteiger partial charge is 0.161 e. The fourth-order valence-electron chi connectivity index (χ4n) is 2.44. The second kappa shape index (κ2) is 4.82. The molecule has 20 heavy (non-hydrogen) atoms. The van der Waals surface area contributed by atoms with E-state index in [1.165, 1.54) is 0 Å². The third-order valence-electron chi connectivity index (χ3n) is 3.48. The molecule has 0 aliphatic carbocycles. The number of hydrogen-bond donors (Lipinski definition) is 0. The largest absolute Gasteiger partial charge is 0.316 e. The molecule has 0 radical (unpaired) electrons. The van der Waals surface area contributed by atoms with Gasteiger partial charge in [0.25, 0.3) is 0 Å². The minimum absolute atomic E-state index is 0.00830. The minimum Gasteiger partial charge on any atom is -0.316 e. The summed E-state index contributed by atoms with van der Waals surface area (Å²) in [6.07, 6.45) is 1.96. The first-order valence-electron chi connectivity index (χ1n) is 6.54. The highest BCUT2D eigenvalue weighted by atomic mass is 16.1. The van der Waals surface area contributed by atoms with Gasteiger partial charge in [0.2, 0.25) is 0 Å². The molecule has 0 saturated heterocycles. The van der Waals surface area contributed by atoms with Gasteiger partial charge in [-0.2, -0.15) is 0 Å². The average molecular weight is 261 g/mol. The van der Waals surface area contributed by atoms with Crippen molar-refractivity contribution in [3.63, 3.8) is 0 Å². The van der Waals surface area contributed by atoms with Crippen molar-refractivity contribution in [1.29, 1.82) is 0 Å². The highest BCUT2D eigenvalue weighted by molar-refractivity contribution is 6.20. The quantitative estimate of drug-likeness (QED) is 0.647. The number of pyridine rings is 1. The fraction of sp³-hybridized carbons (Fsp3) is 0.0556. The standard InChI is InChI=1S/C18H15NO/c1-13(14(2)20)18-17(15-8-4-3-5-9-15)12-16-10-6-7-11-19(16)18/h3-12H,1H2,2H3. The van der Waals surface area contributed by atoms with Gasteiger partial charge in [0, 0.05) is 22.9 Å². The van der Waals surface area contributed by atoms with Crippen molar-refractivity contribution in [1.82, 2.24) is 4.40 Å². The van der Waals surface area contributed by atoms with E-state index in [4.69, 9.17) is 0 Å². The van der Waals surface area contributed by atoms with Gasteiger partial charge in [-0.1, -0.05) is 43.0 Å². The molecule has 2 heterocycles. The predicted octanol–water partition coefficient (Wildman–Crippen LogP) is 4.21.